The van der Waals surface area contributed by atoms with Crippen molar-refractivity contribution < 1.29 is 14.3 Å². The molecule has 7 heteroatoms. The number of H-pyrrole nitrogens is 1. The summed E-state index contributed by atoms with van der Waals surface area (Å²) in [6.45, 7) is 2.11. The van der Waals surface area contributed by atoms with Crippen LogP contribution < -0.4 is 14.8 Å². The summed E-state index contributed by atoms with van der Waals surface area (Å²) < 4.78 is 10.6. The number of hydrogen-bond acceptors (Lipinski definition) is 4. The van der Waals surface area contributed by atoms with Gasteiger partial charge in [0.25, 0.3) is 0 Å². The van der Waals surface area contributed by atoms with Crippen LogP contribution in [0, 0.1) is 0 Å². The number of likely N-dealkylation sites (tertiary alicyclic amines) is 1. The molecule has 1 aliphatic heterocycles. The van der Waals surface area contributed by atoms with Gasteiger partial charge in [-0.05, 0) is 43.0 Å². The van der Waals surface area contributed by atoms with Gasteiger partial charge in [-0.3, -0.25) is 5.10 Å². The molecule has 1 fully saturated rings. The van der Waals surface area contributed by atoms with Gasteiger partial charge in [-0.2, -0.15) is 5.10 Å². The van der Waals surface area contributed by atoms with Gasteiger partial charge < -0.3 is 19.7 Å². The number of nitrogens with zero attached hydrogens (tertiary/aromatic N) is 2. The molecule has 0 bridgehead atoms. The highest BCUT2D eigenvalue weighted by molar-refractivity contribution is 5.74. The van der Waals surface area contributed by atoms with Crippen molar-refractivity contribution in [1.29, 1.82) is 0 Å². The smallest absolute Gasteiger partial charge is 0.317 e. The topological polar surface area (TPSA) is 79.5 Å². The van der Waals surface area contributed by atoms with Gasteiger partial charge in [0, 0.05) is 37.4 Å². The number of amides is 2. The molecule has 2 aromatic rings. The van der Waals surface area contributed by atoms with E-state index in [4.69, 9.17) is 9.47 Å². The molecule has 0 saturated carbocycles. The number of rotatable bonds is 6. The Hall–Kier alpha value is -2.70. The van der Waals surface area contributed by atoms with E-state index in [1.54, 1.807) is 20.4 Å². The molecule has 2 amide bonds. The molecular weight excluding hydrogens is 332 g/mol. The maximum absolute atomic E-state index is 12.5. The van der Waals surface area contributed by atoms with Gasteiger partial charge in [0.15, 0.2) is 11.5 Å². The van der Waals surface area contributed by atoms with Crippen LogP contribution in [-0.4, -0.2) is 55.0 Å². The van der Waals surface area contributed by atoms with E-state index in [1.165, 1.54) is 0 Å². The maximum atomic E-state index is 12.5. The third-order valence-electron chi connectivity index (χ3n) is 4.81. The summed E-state index contributed by atoms with van der Waals surface area (Å²) in [6.07, 6.45) is 4.59. The van der Waals surface area contributed by atoms with Crippen molar-refractivity contribution in [3.05, 3.63) is 41.7 Å². The first kappa shape index (κ1) is 18.1. The van der Waals surface area contributed by atoms with Gasteiger partial charge in [-0.25, -0.2) is 4.79 Å². The second kappa shape index (κ2) is 8.60. The van der Waals surface area contributed by atoms with E-state index >= 15 is 0 Å². The molecule has 140 valence electrons. The van der Waals surface area contributed by atoms with E-state index in [2.05, 4.69) is 15.5 Å². The summed E-state index contributed by atoms with van der Waals surface area (Å²) in [5, 5.41) is 10.1. The lowest BCUT2D eigenvalue weighted by Crippen LogP contribution is -2.45. The van der Waals surface area contributed by atoms with Crippen molar-refractivity contribution in [3.8, 4) is 11.5 Å². The Kier molecular flexibility index (Phi) is 5.99. The quantitative estimate of drug-likeness (QED) is 0.832. The number of aromatic amines is 1. The predicted molar refractivity (Wildman–Crippen MR) is 98.8 cm³/mol. The van der Waals surface area contributed by atoms with Gasteiger partial charge in [0.2, 0.25) is 0 Å². The SMILES string of the molecule is COc1ccc(CCNC(=O)N2CCC[C@@H](c3ccn[nH]3)C2)cc1OC. The van der Waals surface area contributed by atoms with E-state index < -0.39 is 0 Å². The monoisotopic (exact) mass is 358 g/mol. The largest absolute Gasteiger partial charge is 0.493 e. The van der Waals surface area contributed by atoms with Crippen LogP contribution in [0.1, 0.15) is 30.0 Å². The van der Waals surface area contributed by atoms with E-state index in [1.807, 2.05) is 29.2 Å². The lowest BCUT2D eigenvalue weighted by Gasteiger charge is -2.32. The molecule has 1 aromatic heterocycles. The van der Waals surface area contributed by atoms with E-state index in [0.717, 1.165) is 43.6 Å². The molecule has 2 heterocycles. The van der Waals surface area contributed by atoms with Crippen LogP contribution in [-0.2, 0) is 6.42 Å². The number of nitrogens with one attached hydrogen (secondary N) is 2. The second-order valence-corrected chi connectivity index (χ2v) is 6.47. The molecule has 1 aliphatic rings. The first-order valence-corrected chi connectivity index (χ1v) is 8.94. The van der Waals surface area contributed by atoms with Crippen LogP contribution >= 0.6 is 0 Å². The summed E-state index contributed by atoms with van der Waals surface area (Å²) in [7, 11) is 3.24. The second-order valence-electron chi connectivity index (χ2n) is 6.47. The van der Waals surface area contributed by atoms with Gasteiger partial charge in [-0.1, -0.05) is 6.07 Å². The molecule has 0 unspecified atom stereocenters. The van der Waals surface area contributed by atoms with Gasteiger partial charge >= 0.3 is 6.03 Å². The summed E-state index contributed by atoms with van der Waals surface area (Å²) in [6, 6.07) is 7.80. The summed E-state index contributed by atoms with van der Waals surface area (Å²) in [5.74, 6) is 1.75. The minimum Gasteiger partial charge on any atom is -0.493 e. The van der Waals surface area contributed by atoms with Crippen LogP contribution in [0.25, 0.3) is 0 Å². The molecule has 1 aromatic carbocycles. The standard InChI is InChI=1S/C19H26N4O3/c1-25-17-6-5-14(12-18(17)26-2)7-9-20-19(24)23-11-3-4-15(13-23)16-8-10-21-22-16/h5-6,8,10,12,15H,3-4,7,9,11,13H2,1-2H3,(H,20,24)(H,21,22)/t15-/m1/s1. The van der Waals surface area contributed by atoms with Crippen molar-refractivity contribution >= 4 is 6.03 Å². The molecule has 1 saturated heterocycles. The van der Waals surface area contributed by atoms with Crippen LogP contribution in [0.5, 0.6) is 11.5 Å². The lowest BCUT2D eigenvalue weighted by molar-refractivity contribution is 0.179. The molecule has 0 radical (unpaired) electrons. The van der Waals surface area contributed by atoms with Gasteiger partial charge in [0.05, 0.1) is 14.2 Å². The number of hydrogen-bond donors (Lipinski definition) is 2. The molecule has 0 aliphatic carbocycles. The van der Waals surface area contributed by atoms with Crippen LogP contribution in [0.15, 0.2) is 30.5 Å². The van der Waals surface area contributed by atoms with Crippen molar-refractivity contribution in [2.75, 3.05) is 33.9 Å². The first-order valence-electron chi connectivity index (χ1n) is 8.94. The maximum Gasteiger partial charge on any atom is 0.317 e. The normalized spacial score (nSPS) is 17.0. The predicted octanol–water partition coefficient (Wildman–Crippen LogP) is 2.56. The molecule has 26 heavy (non-hydrogen) atoms. The Bertz CT molecular complexity index is 718. The summed E-state index contributed by atoms with van der Waals surface area (Å²) in [4.78, 5) is 14.4. The highest BCUT2D eigenvalue weighted by Crippen LogP contribution is 2.28. The van der Waals surface area contributed by atoms with Crippen LogP contribution in [0.3, 0.4) is 0 Å². The Morgan fingerprint density at radius 1 is 1.31 bits per heavy atom. The van der Waals surface area contributed by atoms with E-state index in [-0.39, 0.29) is 6.03 Å². The summed E-state index contributed by atoms with van der Waals surface area (Å²) >= 11 is 0. The molecule has 2 N–H and O–H groups in total. The number of piperidine rings is 1. The number of ether oxygens (including phenoxy) is 2. The minimum atomic E-state index is -0.00491. The number of carbonyl (C=O) groups is 1. The summed E-state index contributed by atoms with van der Waals surface area (Å²) in [5.41, 5.74) is 2.20. The number of urea groups is 1. The number of aromatic nitrogens is 2. The fourth-order valence-electron chi connectivity index (χ4n) is 3.37. The van der Waals surface area contributed by atoms with Crippen molar-refractivity contribution in [2.45, 2.75) is 25.2 Å². The van der Waals surface area contributed by atoms with Crippen molar-refractivity contribution in [1.82, 2.24) is 20.4 Å². The first-order chi connectivity index (χ1) is 12.7. The lowest BCUT2D eigenvalue weighted by atomic mass is 9.95. The van der Waals surface area contributed by atoms with Crippen LogP contribution in [0.2, 0.25) is 0 Å². The van der Waals surface area contributed by atoms with Crippen molar-refractivity contribution in [3.63, 3.8) is 0 Å². The highest BCUT2D eigenvalue weighted by Gasteiger charge is 2.25. The third kappa shape index (κ3) is 4.28. The Balaban J connectivity index is 1.49. The van der Waals surface area contributed by atoms with Gasteiger partial charge in [0.1, 0.15) is 0 Å². The minimum absolute atomic E-state index is 0.00491. The average Bonchev–Trinajstić information content (AvgIpc) is 3.22. The number of benzene rings is 1. The fourth-order valence-corrected chi connectivity index (χ4v) is 3.37. The Morgan fingerprint density at radius 2 is 2.15 bits per heavy atom. The molecule has 1 atom stereocenters. The number of methoxy groups -OCH3 is 2. The Morgan fingerprint density at radius 3 is 2.88 bits per heavy atom. The fraction of sp³-hybridized carbons (Fsp3) is 0.474. The zero-order chi connectivity index (χ0) is 18.4. The zero-order valence-electron chi connectivity index (χ0n) is 15.3. The molecule has 7 nitrogen and oxygen atoms in total. The van der Waals surface area contributed by atoms with E-state index in [0.29, 0.717) is 24.0 Å². The Labute approximate surface area is 153 Å². The highest BCUT2D eigenvalue weighted by atomic mass is 16.5. The molecule has 0 spiro atoms. The zero-order valence-corrected chi connectivity index (χ0v) is 15.3. The average molecular weight is 358 g/mol. The molecular formula is C19H26N4O3. The molecule has 3 rings (SSSR count). The number of carbonyl (C=O) groups excluding carboxylic acids is 1. The third-order valence-corrected chi connectivity index (χ3v) is 4.81. The van der Waals surface area contributed by atoms with E-state index in [9.17, 15) is 4.79 Å². The van der Waals surface area contributed by atoms with Crippen molar-refractivity contribution in [2.24, 2.45) is 0 Å². The van der Waals surface area contributed by atoms with Crippen LogP contribution in [0.4, 0.5) is 4.79 Å². The van der Waals surface area contributed by atoms with Gasteiger partial charge in [-0.15, -0.1) is 0 Å².